The molecule has 2 aliphatic rings. The smallest absolute Gasteiger partial charge is 0.251 e. The number of rotatable bonds is 15. The summed E-state index contributed by atoms with van der Waals surface area (Å²) < 4.78 is 18.1. The highest BCUT2D eigenvalue weighted by molar-refractivity contribution is 9.09. The van der Waals surface area contributed by atoms with E-state index in [4.69, 9.17) is 19.7 Å². The Morgan fingerprint density at radius 3 is 1.96 bits per heavy atom. The van der Waals surface area contributed by atoms with Crippen molar-refractivity contribution in [1.29, 1.82) is 0 Å². The van der Waals surface area contributed by atoms with Gasteiger partial charge in [-0.05, 0) is 72.6 Å². The van der Waals surface area contributed by atoms with Gasteiger partial charge in [-0.15, -0.1) is 0 Å². The molecule has 4 unspecified atom stereocenters. The normalized spacial score (nSPS) is 29.4. The molecule has 2 saturated heterocycles. The zero-order chi connectivity index (χ0) is 36.5. The van der Waals surface area contributed by atoms with Gasteiger partial charge in [-0.25, -0.2) is 0 Å². The van der Waals surface area contributed by atoms with Crippen molar-refractivity contribution >= 4 is 33.7 Å². The van der Waals surface area contributed by atoms with Crippen LogP contribution < -0.4 is 16.0 Å². The minimum Gasteiger partial charge on any atom is -0.361 e. The lowest BCUT2D eigenvalue weighted by atomic mass is 9.81. The Balaban J connectivity index is 0.000000462. The molecule has 0 saturated carbocycles. The van der Waals surface area contributed by atoms with Gasteiger partial charge in [-0.3, -0.25) is 14.4 Å². The van der Waals surface area contributed by atoms with Crippen molar-refractivity contribution in [2.24, 2.45) is 28.8 Å². The predicted octanol–water partition coefficient (Wildman–Crippen LogP) is 7.01. The van der Waals surface area contributed by atoms with Crippen molar-refractivity contribution < 1.29 is 28.6 Å². The van der Waals surface area contributed by atoms with Gasteiger partial charge in [-0.2, -0.15) is 0 Å². The van der Waals surface area contributed by atoms with Crippen LogP contribution >= 0.6 is 15.9 Å². The Kier molecular flexibility index (Phi) is 19.2. The van der Waals surface area contributed by atoms with Crippen molar-refractivity contribution in [1.82, 2.24) is 16.0 Å². The molecule has 3 rings (SSSR count). The number of alkyl halides is 1. The topological polar surface area (TPSA) is 164 Å². The third-order valence-corrected chi connectivity index (χ3v) is 10.7. The third-order valence-electron chi connectivity index (χ3n) is 9.87. The number of carbonyl (C=O) groups excluding carboxylic acids is 3. The van der Waals surface area contributed by atoms with Crippen LogP contribution in [-0.4, -0.2) is 66.5 Å². The van der Waals surface area contributed by atoms with Crippen LogP contribution in [-0.2, 0) is 30.3 Å². The molecule has 0 radical (unpaired) electrons. The Morgan fingerprint density at radius 1 is 0.837 bits per heavy atom. The minimum absolute atomic E-state index is 0.00190. The molecular weight excluding hydrogens is 692 g/mol. The predicted molar refractivity (Wildman–Crippen MR) is 195 cm³/mol. The van der Waals surface area contributed by atoms with E-state index in [1.54, 1.807) is 31.2 Å². The summed E-state index contributed by atoms with van der Waals surface area (Å²) in [6.45, 7) is 17.5. The van der Waals surface area contributed by atoms with Crippen molar-refractivity contribution in [2.75, 3.05) is 13.2 Å². The molecule has 2 aliphatic heterocycles. The van der Waals surface area contributed by atoms with E-state index in [2.05, 4.69) is 83.4 Å². The molecule has 1 aromatic carbocycles. The Morgan fingerprint density at radius 2 is 1.39 bits per heavy atom. The lowest BCUT2D eigenvalue weighted by Gasteiger charge is -2.44. The third kappa shape index (κ3) is 13.9. The van der Waals surface area contributed by atoms with E-state index in [1.165, 1.54) is 6.92 Å². The second-order valence-electron chi connectivity index (χ2n) is 13.4. The fraction of sp³-hybridized carbons (Fsp3) is 0.750. The van der Waals surface area contributed by atoms with Crippen LogP contribution in [0.1, 0.15) is 110 Å². The molecule has 1 aromatic rings. The molecule has 0 aromatic heterocycles. The number of benzene rings is 1. The lowest BCUT2D eigenvalue weighted by Crippen LogP contribution is -2.57. The summed E-state index contributed by atoms with van der Waals surface area (Å²) >= 11 is 3.50. The summed E-state index contributed by atoms with van der Waals surface area (Å²) in [7, 11) is 0. The molecule has 2 heterocycles. The van der Waals surface area contributed by atoms with E-state index >= 15 is 0 Å². The average Bonchev–Trinajstić information content (AvgIpc) is 3.08. The number of carbonyl (C=O) groups is 3. The van der Waals surface area contributed by atoms with Crippen LogP contribution in [0, 0.1) is 23.7 Å². The van der Waals surface area contributed by atoms with Gasteiger partial charge in [0, 0.05) is 37.5 Å². The fourth-order valence-electron chi connectivity index (χ4n) is 6.48. The highest BCUT2D eigenvalue weighted by Gasteiger charge is 2.42. The maximum atomic E-state index is 12.2. The zero-order valence-corrected chi connectivity index (χ0v) is 32.2. The molecule has 0 bridgehead atoms. The van der Waals surface area contributed by atoms with Crippen molar-refractivity contribution in [2.45, 2.75) is 136 Å². The minimum atomic E-state index is -0.419. The van der Waals surface area contributed by atoms with E-state index in [0.29, 0.717) is 36.5 Å². The second kappa shape index (κ2) is 22.2. The number of azide groups is 1. The molecule has 0 aliphatic carbocycles. The quantitative estimate of drug-likeness (QED) is 0.0574. The summed E-state index contributed by atoms with van der Waals surface area (Å²) in [5, 5.41) is 12.3. The van der Waals surface area contributed by atoms with Gasteiger partial charge in [0.1, 0.15) is 5.01 Å². The van der Waals surface area contributed by atoms with Gasteiger partial charge < -0.3 is 30.2 Å². The number of nitrogens with one attached hydrogen (secondary N) is 3. The van der Waals surface area contributed by atoms with Crippen LogP contribution in [0.4, 0.5) is 0 Å². The molecular formula is C36H59BrN6O6. The summed E-state index contributed by atoms with van der Waals surface area (Å²) in [5.41, 5.74) is 9.82. The van der Waals surface area contributed by atoms with E-state index in [9.17, 15) is 14.4 Å². The Bertz CT molecular complexity index is 1210. The van der Waals surface area contributed by atoms with Gasteiger partial charge in [0.15, 0.2) is 6.29 Å². The molecule has 12 nitrogen and oxygen atoms in total. The Labute approximate surface area is 301 Å². The number of amides is 3. The molecule has 49 heavy (non-hydrogen) atoms. The number of unbranched alkanes of at least 4 members (excludes halogenated alkanes) is 3. The maximum absolute atomic E-state index is 12.2. The number of halogens is 1. The van der Waals surface area contributed by atoms with E-state index in [1.807, 2.05) is 0 Å². The highest BCUT2D eigenvalue weighted by atomic mass is 79.9. The Hall–Kier alpha value is -2.70. The van der Waals surface area contributed by atoms with Gasteiger partial charge in [0.2, 0.25) is 11.8 Å². The molecule has 276 valence electrons. The lowest BCUT2D eigenvalue weighted by molar-refractivity contribution is -0.236. The molecule has 3 amide bonds. The average molecular weight is 752 g/mol. The van der Waals surface area contributed by atoms with Crippen LogP contribution in [0.5, 0.6) is 0 Å². The highest BCUT2D eigenvalue weighted by Crippen LogP contribution is 2.35. The number of ether oxygens (including phenoxy) is 3. The monoisotopic (exact) mass is 750 g/mol. The summed E-state index contributed by atoms with van der Waals surface area (Å²) in [5.74, 6) is 1.36. The fourth-order valence-corrected chi connectivity index (χ4v) is 7.37. The molecule has 13 heteroatoms. The first-order chi connectivity index (χ1) is 23.3. The van der Waals surface area contributed by atoms with E-state index in [0.717, 1.165) is 44.1 Å². The summed E-state index contributed by atoms with van der Waals surface area (Å²) in [4.78, 5) is 37.7. The summed E-state index contributed by atoms with van der Waals surface area (Å²) in [6, 6.07) is 6.99. The van der Waals surface area contributed by atoms with Crippen molar-refractivity contribution in [3.05, 3.63) is 45.8 Å². The first-order valence-electron chi connectivity index (χ1n) is 17.8. The van der Waals surface area contributed by atoms with Crippen molar-refractivity contribution in [3.8, 4) is 0 Å². The zero-order valence-electron chi connectivity index (χ0n) is 30.6. The van der Waals surface area contributed by atoms with Crippen molar-refractivity contribution in [3.63, 3.8) is 0 Å². The first kappa shape index (κ1) is 42.5. The number of nitrogens with zero attached hydrogens (tertiary/aromatic N) is 3. The maximum Gasteiger partial charge on any atom is 0.251 e. The molecule has 2 fully saturated rings. The SMILES string of the molecule is CCC1O[C@@H](OCCCCCCNC(=O)c2ccc(CN=[N+]=[N-])cc2)C(NC(C)=O)[C@@H](C)[C@@H]1C.CCC1O[C@H](Br)C(NC(C)=O)[C@@H](C)[C@@H]1C. The molecule has 10 atom stereocenters. The summed E-state index contributed by atoms with van der Waals surface area (Å²) in [6.07, 6.45) is 5.70. The second-order valence-corrected chi connectivity index (χ2v) is 14.3. The molecule has 0 spiro atoms. The van der Waals surface area contributed by atoms with Crippen LogP contribution in [0.3, 0.4) is 0 Å². The van der Waals surface area contributed by atoms with Crippen LogP contribution in [0.25, 0.3) is 10.4 Å². The number of hydrogen-bond donors (Lipinski definition) is 3. The van der Waals surface area contributed by atoms with E-state index in [-0.39, 0.29) is 59.5 Å². The van der Waals surface area contributed by atoms with Gasteiger partial charge >= 0.3 is 0 Å². The first-order valence-corrected chi connectivity index (χ1v) is 18.7. The van der Waals surface area contributed by atoms with Gasteiger partial charge in [0.05, 0.1) is 30.8 Å². The van der Waals surface area contributed by atoms with Gasteiger partial charge in [-0.1, -0.05) is 87.6 Å². The standard InChI is InChI=1S/C25H39N5O4.C11H20BrNO2/c1-5-22-17(2)18(3)23(29-19(4)31)25(34-22)33-15-9-7-6-8-14-27-24(32)21-12-10-20(11-13-21)16-28-30-26;1-5-9-6(2)7(3)10(11(12)15-9)13-8(4)14/h10-13,17-18,22-23,25H,5-9,14-16H2,1-4H3,(H,27,32)(H,29,31);6-7,9-11H,5H2,1-4H3,(H,13,14)/t17-,18-,22?,23?,25+;6-,7-,9?,10?,11-/m00/s1. The van der Waals surface area contributed by atoms with Crippen LogP contribution in [0.15, 0.2) is 29.4 Å². The van der Waals surface area contributed by atoms with Crippen LogP contribution in [0.2, 0.25) is 0 Å². The van der Waals surface area contributed by atoms with Gasteiger partial charge in [0.25, 0.3) is 5.91 Å². The molecule has 3 N–H and O–H groups in total. The number of hydrogen-bond acceptors (Lipinski definition) is 7. The van der Waals surface area contributed by atoms with E-state index < -0.39 is 6.29 Å². The largest absolute Gasteiger partial charge is 0.361 e.